The van der Waals surface area contributed by atoms with Crippen LogP contribution in [0.1, 0.15) is 5.56 Å². The maximum absolute atomic E-state index is 13.1. The summed E-state index contributed by atoms with van der Waals surface area (Å²) in [5, 5.41) is 19.3. The lowest BCUT2D eigenvalue weighted by molar-refractivity contribution is 0.0115. The van der Waals surface area contributed by atoms with Gasteiger partial charge in [0.1, 0.15) is 5.82 Å². The molecule has 0 amide bonds. The largest absolute Gasteiger partial charge is 0.390 e. The Morgan fingerprint density at radius 3 is 2.70 bits per heavy atom. The van der Waals surface area contributed by atoms with Crippen LogP contribution in [0.15, 0.2) is 30.3 Å². The Morgan fingerprint density at radius 2 is 2.09 bits per heavy atom. The zero-order valence-corrected chi connectivity index (χ0v) is 13.3. The molecular formula is C17H22FN3O2. The Morgan fingerprint density at radius 1 is 1.43 bits per heavy atom. The topological polar surface area (TPSA) is 59.7 Å². The molecule has 1 aliphatic heterocycles. The third kappa shape index (κ3) is 5.32. The summed E-state index contributed by atoms with van der Waals surface area (Å²) in [5.41, 5.74) is 1.41. The van der Waals surface area contributed by atoms with Crippen molar-refractivity contribution in [2.24, 2.45) is 0 Å². The summed E-state index contributed by atoms with van der Waals surface area (Å²) in [6, 6.07) is 7.99. The van der Waals surface area contributed by atoms with Crippen molar-refractivity contribution in [1.29, 1.82) is 5.26 Å². The molecule has 0 aliphatic carbocycles. The summed E-state index contributed by atoms with van der Waals surface area (Å²) in [6.07, 6.45) is 0.870. The molecule has 124 valence electrons. The number of allylic oxidation sites excluding steroid dienone is 1. The molecule has 0 bridgehead atoms. The van der Waals surface area contributed by atoms with E-state index in [2.05, 4.69) is 4.90 Å². The number of nitriles is 1. The van der Waals surface area contributed by atoms with Crippen LogP contribution < -0.4 is 0 Å². The summed E-state index contributed by atoms with van der Waals surface area (Å²) >= 11 is 0. The lowest BCUT2D eigenvalue weighted by Gasteiger charge is -2.31. The minimum Gasteiger partial charge on any atom is -0.390 e. The van der Waals surface area contributed by atoms with Gasteiger partial charge in [-0.25, -0.2) is 4.39 Å². The highest BCUT2D eigenvalue weighted by Crippen LogP contribution is 2.18. The lowest BCUT2D eigenvalue weighted by atomic mass is 10.1. The van der Waals surface area contributed by atoms with Crippen LogP contribution in [0.25, 0.3) is 5.70 Å². The van der Waals surface area contributed by atoms with E-state index in [1.54, 1.807) is 12.1 Å². The fraction of sp³-hybridized carbons (Fsp3) is 0.471. The number of likely N-dealkylation sites (N-methyl/N-ethyl adjacent to an activating group) is 1. The molecule has 0 spiro atoms. The fourth-order valence-electron chi connectivity index (χ4n) is 2.65. The normalized spacial score (nSPS) is 17.6. The molecule has 5 nitrogen and oxygen atoms in total. The van der Waals surface area contributed by atoms with E-state index in [0.717, 1.165) is 18.7 Å². The minimum absolute atomic E-state index is 0.319. The standard InChI is InChI=1S/C17H22FN3O2/c1-20(12-16(22)13-21-8-10-23-11-9-21)17(6-7-19)14-2-4-15(18)5-3-14/h2-6,16,22H,8-13H2,1H3/b17-6+. The van der Waals surface area contributed by atoms with Gasteiger partial charge in [-0.1, -0.05) is 0 Å². The first kappa shape index (κ1) is 17.4. The van der Waals surface area contributed by atoms with Crippen LogP contribution >= 0.6 is 0 Å². The van der Waals surface area contributed by atoms with E-state index in [1.165, 1.54) is 18.2 Å². The molecular weight excluding hydrogens is 297 g/mol. The Labute approximate surface area is 136 Å². The molecule has 1 atom stereocenters. The molecule has 0 radical (unpaired) electrons. The molecule has 1 unspecified atom stereocenters. The van der Waals surface area contributed by atoms with Crippen molar-refractivity contribution in [3.8, 4) is 6.07 Å². The molecule has 0 saturated carbocycles. The van der Waals surface area contributed by atoms with Gasteiger partial charge in [-0.2, -0.15) is 5.26 Å². The van der Waals surface area contributed by atoms with E-state index in [0.29, 0.717) is 32.0 Å². The molecule has 1 heterocycles. The zero-order valence-electron chi connectivity index (χ0n) is 13.3. The van der Waals surface area contributed by atoms with Gasteiger partial charge in [-0.3, -0.25) is 4.90 Å². The van der Waals surface area contributed by atoms with Crippen LogP contribution in [0.3, 0.4) is 0 Å². The van der Waals surface area contributed by atoms with Crippen LogP contribution in [0, 0.1) is 17.1 Å². The Kier molecular flexibility index (Phi) is 6.53. The fourth-order valence-corrected chi connectivity index (χ4v) is 2.65. The van der Waals surface area contributed by atoms with Gasteiger partial charge < -0.3 is 14.7 Å². The highest BCUT2D eigenvalue weighted by Gasteiger charge is 2.17. The van der Waals surface area contributed by atoms with E-state index < -0.39 is 6.10 Å². The monoisotopic (exact) mass is 319 g/mol. The Hall–Kier alpha value is -1.94. The molecule has 1 N–H and O–H groups in total. The second-order valence-corrected chi connectivity index (χ2v) is 5.61. The average Bonchev–Trinajstić information content (AvgIpc) is 2.54. The van der Waals surface area contributed by atoms with Gasteiger partial charge in [-0.15, -0.1) is 0 Å². The third-order valence-electron chi connectivity index (χ3n) is 3.81. The molecule has 1 aromatic rings. The number of hydrogen-bond donors (Lipinski definition) is 1. The first-order valence-electron chi connectivity index (χ1n) is 7.65. The highest BCUT2D eigenvalue weighted by molar-refractivity contribution is 5.66. The zero-order chi connectivity index (χ0) is 16.7. The second kappa shape index (κ2) is 8.63. The van der Waals surface area contributed by atoms with Crippen molar-refractivity contribution in [3.63, 3.8) is 0 Å². The van der Waals surface area contributed by atoms with E-state index in [-0.39, 0.29) is 5.82 Å². The number of benzene rings is 1. The summed E-state index contributed by atoms with van der Waals surface area (Å²) < 4.78 is 18.3. The van der Waals surface area contributed by atoms with Crippen molar-refractivity contribution in [2.75, 3.05) is 46.4 Å². The third-order valence-corrected chi connectivity index (χ3v) is 3.81. The molecule has 2 rings (SSSR count). The molecule has 1 aromatic carbocycles. The Balaban J connectivity index is 1.97. The van der Waals surface area contributed by atoms with E-state index in [4.69, 9.17) is 10.00 Å². The lowest BCUT2D eigenvalue weighted by Crippen LogP contribution is -2.43. The van der Waals surface area contributed by atoms with Crippen molar-refractivity contribution >= 4 is 5.70 Å². The number of β-amino-alcohol motifs (C(OH)–C–C–N with tert-alkyl or cyclic N) is 1. The molecule has 1 saturated heterocycles. The number of hydrogen-bond acceptors (Lipinski definition) is 5. The molecule has 0 aromatic heterocycles. The Bertz CT molecular complexity index is 562. The second-order valence-electron chi connectivity index (χ2n) is 5.61. The number of aliphatic hydroxyl groups excluding tert-OH is 1. The number of halogens is 1. The minimum atomic E-state index is -0.541. The van der Waals surface area contributed by atoms with Crippen LogP contribution in [0.5, 0.6) is 0 Å². The van der Waals surface area contributed by atoms with Gasteiger partial charge in [-0.05, 0) is 29.8 Å². The van der Waals surface area contributed by atoms with Gasteiger partial charge in [0.2, 0.25) is 0 Å². The highest BCUT2D eigenvalue weighted by atomic mass is 19.1. The van der Waals surface area contributed by atoms with Crippen molar-refractivity contribution < 1.29 is 14.2 Å². The molecule has 1 fully saturated rings. The summed E-state index contributed by atoms with van der Waals surface area (Å²) in [4.78, 5) is 3.98. The van der Waals surface area contributed by atoms with Crippen LogP contribution in [-0.2, 0) is 4.74 Å². The number of rotatable bonds is 6. The number of nitrogens with zero attached hydrogens (tertiary/aromatic N) is 3. The van der Waals surface area contributed by atoms with Crippen molar-refractivity contribution in [3.05, 3.63) is 41.7 Å². The molecule has 6 heteroatoms. The first-order chi connectivity index (χ1) is 11.1. The molecule has 1 aliphatic rings. The maximum atomic E-state index is 13.1. The van der Waals surface area contributed by atoms with Crippen molar-refractivity contribution in [1.82, 2.24) is 9.80 Å². The van der Waals surface area contributed by atoms with Crippen LogP contribution in [-0.4, -0.2) is 67.5 Å². The van der Waals surface area contributed by atoms with E-state index >= 15 is 0 Å². The van der Waals surface area contributed by atoms with Crippen molar-refractivity contribution in [2.45, 2.75) is 6.10 Å². The molecule has 23 heavy (non-hydrogen) atoms. The quantitative estimate of drug-likeness (QED) is 0.801. The average molecular weight is 319 g/mol. The van der Waals surface area contributed by atoms with Crippen LogP contribution in [0.4, 0.5) is 4.39 Å². The van der Waals surface area contributed by atoms with E-state index in [1.807, 2.05) is 18.0 Å². The maximum Gasteiger partial charge on any atom is 0.123 e. The SMILES string of the molecule is CN(CC(O)CN1CCOCC1)/C(=C/C#N)c1ccc(F)cc1. The first-order valence-corrected chi connectivity index (χ1v) is 7.65. The predicted molar refractivity (Wildman–Crippen MR) is 85.9 cm³/mol. The number of morpholine rings is 1. The smallest absolute Gasteiger partial charge is 0.123 e. The summed E-state index contributed by atoms with van der Waals surface area (Å²) in [7, 11) is 1.81. The summed E-state index contributed by atoms with van der Waals surface area (Å²) in [6.45, 7) is 3.98. The van der Waals surface area contributed by atoms with Gasteiger partial charge >= 0.3 is 0 Å². The van der Waals surface area contributed by atoms with E-state index in [9.17, 15) is 9.50 Å². The number of aliphatic hydroxyl groups is 1. The predicted octanol–water partition coefficient (Wildman–Crippen LogP) is 1.32. The van der Waals surface area contributed by atoms with Gasteiger partial charge in [0.25, 0.3) is 0 Å². The van der Waals surface area contributed by atoms with Gasteiger partial charge in [0, 0.05) is 39.3 Å². The van der Waals surface area contributed by atoms with Gasteiger partial charge in [0.05, 0.1) is 31.1 Å². The number of ether oxygens (including phenoxy) is 1. The summed E-state index contributed by atoms with van der Waals surface area (Å²) in [5.74, 6) is -0.319. The van der Waals surface area contributed by atoms with Crippen LogP contribution in [0.2, 0.25) is 0 Å². The van der Waals surface area contributed by atoms with Gasteiger partial charge in [0.15, 0.2) is 0 Å².